The van der Waals surface area contributed by atoms with E-state index < -0.39 is 0 Å². The summed E-state index contributed by atoms with van der Waals surface area (Å²) in [5.74, 6) is 2.26. The zero-order chi connectivity index (χ0) is 12.4. The third-order valence-corrected chi connectivity index (χ3v) is 2.81. The number of nitrogen functional groups attached to an aromatic ring is 1. The van der Waals surface area contributed by atoms with E-state index in [1.54, 1.807) is 6.92 Å². The van der Waals surface area contributed by atoms with Crippen molar-refractivity contribution in [2.24, 2.45) is 0 Å². The Bertz CT molecular complexity index is 540. The fourth-order valence-electron chi connectivity index (χ4n) is 1.34. The molecular weight excluding hydrogens is 282 g/mol. The average Bonchev–Trinajstić information content (AvgIpc) is 2.28. The van der Waals surface area contributed by atoms with Gasteiger partial charge >= 0.3 is 0 Å². The van der Waals surface area contributed by atoms with Gasteiger partial charge in [0.05, 0.1) is 5.56 Å². The SMILES string of the molecule is Cc1nc(N)c(C)c(Oc2ccc(Br)cc2)n1. The van der Waals surface area contributed by atoms with Crippen LogP contribution >= 0.6 is 15.9 Å². The van der Waals surface area contributed by atoms with Crippen LogP contribution in [0.4, 0.5) is 5.82 Å². The van der Waals surface area contributed by atoms with Crippen LogP contribution < -0.4 is 10.5 Å². The van der Waals surface area contributed by atoms with Gasteiger partial charge in [-0.25, -0.2) is 4.98 Å². The lowest BCUT2D eigenvalue weighted by Gasteiger charge is -2.09. The molecule has 0 aliphatic rings. The molecule has 0 spiro atoms. The number of aryl methyl sites for hydroxylation is 1. The van der Waals surface area contributed by atoms with Crippen LogP contribution in [0.2, 0.25) is 0 Å². The van der Waals surface area contributed by atoms with Crippen LogP contribution in [-0.4, -0.2) is 9.97 Å². The van der Waals surface area contributed by atoms with Gasteiger partial charge in [0.15, 0.2) is 0 Å². The first-order valence-corrected chi connectivity index (χ1v) is 5.89. The van der Waals surface area contributed by atoms with Crippen LogP contribution in [0.1, 0.15) is 11.4 Å². The van der Waals surface area contributed by atoms with Gasteiger partial charge in [-0.05, 0) is 38.1 Å². The number of nitrogens with two attached hydrogens (primary N) is 1. The number of rotatable bonds is 2. The smallest absolute Gasteiger partial charge is 0.227 e. The van der Waals surface area contributed by atoms with E-state index in [0.29, 0.717) is 23.3 Å². The van der Waals surface area contributed by atoms with Crippen molar-refractivity contribution in [1.29, 1.82) is 0 Å². The Labute approximate surface area is 108 Å². The summed E-state index contributed by atoms with van der Waals surface area (Å²) in [4.78, 5) is 8.29. The van der Waals surface area contributed by atoms with Gasteiger partial charge in [0, 0.05) is 4.47 Å². The predicted molar refractivity (Wildman–Crippen MR) is 70.1 cm³/mol. The molecule has 0 amide bonds. The number of aromatic nitrogens is 2. The topological polar surface area (TPSA) is 61.0 Å². The minimum absolute atomic E-state index is 0.449. The maximum absolute atomic E-state index is 5.76. The van der Waals surface area contributed by atoms with Crippen LogP contribution in [0.25, 0.3) is 0 Å². The summed E-state index contributed by atoms with van der Waals surface area (Å²) in [6.07, 6.45) is 0. The second-order valence-electron chi connectivity index (χ2n) is 3.64. The summed E-state index contributed by atoms with van der Waals surface area (Å²) in [6, 6.07) is 7.53. The second kappa shape index (κ2) is 4.71. The fraction of sp³-hybridized carbons (Fsp3) is 0.167. The molecular formula is C12H12BrN3O. The molecule has 0 atom stereocenters. The molecule has 1 aromatic heterocycles. The standard InChI is InChI=1S/C12H12BrN3O/c1-7-11(14)15-8(2)16-12(7)17-10-5-3-9(13)4-6-10/h3-6H,1-2H3,(H2,14,15,16). The summed E-state index contributed by atoms with van der Waals surface area (Å²) >= 11 is 3.37. The summed E-state index contributed by atoms with van der Waals surface area (Å²) in [5.41, 5.74) is 6.51. The van der Waals surface area contributed by atoms with Gasteiger partial charge in [0.25, 0.3) is 0 Å². The van der Waals surface area contributed by atoms with Crippen LogP contribution in [0.5, 0.6) is 11.6 Å². The molecule has 88 valence electrons. The number of nitrogens with zero attached hydrogens (tertiary/aromatic N) is 2. The van der Waals surface area contributed by atoms with Crippen LogP contribution in [0, 0.1) is 13.8 Å². The number of anilines is 1. The molecule has 0 aliphatic carbocycles. The van der Waals surface area contributed by atoms with E-state index in [4.69, 9.17) is 10.5 Å². The Morgan fingerprint density at radius 3 is 2.41 bits per heavy atom. The molecule has 0 fully saturated rings. The van der Waals surface area contributed by atoms with Crippen molar-refractivity contribution in [2.75, 3.05) is 5.73 Å². The first kappa shape index (κ1) is 11.9. The molecule has 1 aromatic carbocycles. The number of hydrogen-bond acceptors (Lipinski definition) is 4. The number of hydrogen-bond donors (Lipinski definition) is 1. The van der Waals surface area contributed by atoms with Gasteiger partial charge in [0.1, 0.15) is 17.4 Å². The highest BCUT2D eigenvalue weighted by Crippen LogP contribution is 2.26. The molecule has 0 unspecified atom stereocenters. The molecule has 1 heterocycles. The summed E-state index contributed by atoms with van der Waals surface area (Å²) in [6.45, 7) is 3.62. The van der Waals surface area contributed by atoms with Gasteiger partial charge in [-0.15, -0.1) is 0 Å². The Morgan fingerprint density at radius 1 is 1.12 bits per heavy atom. The lowest BCUT2D eigenvalue weighted by Crippen LogP contribution is -2.02. The van der Waals surface area contributed by atoms with Gasteiger partial charge in [-0.2, -0.15) is 4.98 Å². The van der Waals surface area contributed by atoms with E-state index in [1.165, 1.54) is 0 Å². The molecule has 4 nitrogen and oxygen atoms in total. The van der Waals surface area contributed by atoms with Crippen molar-refractivity contribution in [3.63, 3.8) is 0 Å². The van der Waals surface area contributed by atoms with Gasteiger partial charge in [-0.3, -0.25) is 0 Å². The Hall–Kier alpha value is -1.62. The largest absolute Gasteiger partial charge is 0.439 e. The zero-order valence-electron chi connectivity index (χ0n) is 9.57. The van der Waals surface area contributed by atoms with E-state index in [9.17, 15) is 0 Å². The Balaban J connectivity index is 2.32. The first-order valence-electron chi connectivity index (χ1n) is 5.10. The summed E-state index contributed by atoms with van der Waals surface area (Å²) < 4.78 is 6.67. The van der Waals surface area contributed by atoms with Crippen molar-refractivity contribution >= 4 is 21.7 Å². The lowest BCUT2D eigenvalue weighted by molar-refractivity contribution is 0.456. The number of ether oxygens (including phenoxy) is 1. The average molecular weight is 294 g/mol. The Kier molecular flexibility index (Phi) is 3.28. The maximum Gasteiger partial charge on any atom is 0.227 e. The fourth-order valence-corrected chi connectivity index (χ4v) is 1.60. The summed E-state index contributed by atoms with van der Waals surface area (Å²) in [5, 5.41) is 0. The predicted octanol–water partition coefficient (Wildman–Crippen LogP) is 3.23. The number of halogens is 1. The highest BCUT2D eigenvalue weighted by molar-refractivity contribution is 9.10. The van der Waals surface area contributed by atoms with Gasteiger partial charge in [0.2, 0.25) is 5.88 Å². The highest BCUT2D eigenvalue weighted by atomic mass is 79.9. The van der Waals surface area contributed by atoms with E-state index in [-0.39, 0.29) is 0 Å². The number of benzene rings is 1. The molecule has 0 saturated carbocycles. The third kappa shape index (κ3) is 2.74. The van der Waals surface area contributed by atoms with E-state index >= 15 is 0 Å². The quantitative estimate of drug-likeness (QED) is 0.923. The van der Waals surface area contributed by atoms with E-state index in [1.807, 2.05) is 31.2 Å². The second-order valence-corrected chi connectivity index (χ2v) is 4.56. The van der Waals surface area contributed by atoms with Crippen molar-refractivity contribution in [3.8, 4) is 11.6 Å². The minimum atomic E-state index is 0.449. The molecule has 0 aliphatic heterocycles. The van der Waals surface area contributed by atoms with Gasteiger partial charge in [-0.1, -0.05) is 15.9 Å². The van der Waals surface area contributed by atoms with Crippen LogP contribution in [0.15, 0.2) is 28.7 Å². The molecule has 2 aromatic rings. The molecule has 2 rings (SSSR count). The zero-order valence-corrected chi connectivity index (χ0v) is 11.2. The van der Waals surface area contributed by atoms with Crippen LogP contribution in [0.3, 0.4) is 0 Å². The van der Waals surface area contributed by atoms with Crippen molar-refractivity contribution in [2.45, 2.75) is 13.8 Å². The highest BCUT2D eigenvalue weighted by Gasteiger charge is 2.08. The van der Waals surface area contributed by atoms with Crippen molar-refractivity contribution in [3.05, 3.63) is 40.1 Å². The van der Waals surface area contributed by atoms with E-state index in [0.717, 1.165) is 10.0 Å². The molecule has 0 saturated heterocycles. The Morgan fingerprint density at radius 2 is 1.76 bits per heavy atom. The monoisotopic (exact) mass is 293 g/mol. The summed E-state index contributed by atoms with van der Waals surface area (Å²) in [7, 11) is 0. The van der Waals surface area contributed by atoms with Crippen molar-refractivity contribution < 1.29 is 4.74 Å². The van der Waals surface area contributed by atoms with Gasteiger partial charge < -0.3 is 10.5 Å². The first-order chi connectivity index (χ1) is 8.06. The maximum atomic E-state index is 5.76. The molecule has 17 heavy (non-hydrogen) atoms. The normalized spacial score (nSPS) is 10.3. The lowest BCUT2D eigenvalue weighted by atomic mass is 10.3. The molecule has 0 bridgehead atoms. The third-order valence-electron chi connectivity index (χ3n) is 2.28. The van der Waals surface area contributed by atoms with E-state index in [2.05, 4.69) is 25.9 Å². The van der Waals surface area contributed by atoms with Crippen LogP contribution in [-0.2, 0) is 0 Å². The molecule has 0 radical (unpaired) electrons. The minimum Gasteiger partial charge on any atom is -0.439 e. The van der Waals surface area contributed by atoms with Crippen molar-refractivity contribution in [1.82, 2.24) is 9.97 Å². The molecule has 2 N–H and O–H groups in total. The molecule has 5 heteroatoms.